The van der Waals surface area contributed by atoms with E-state index in [1.165, 1.54) is 12.1 Å². The van der Waals surface area contributed by atoms with Crippen LogP contribution in [-0.2, 0) is 14.3 Å². The molecule has 0 spiro atoms. The molecule has 1 fully saturated rings. The summed E-state index contributed by atoms with van der Waals surface area (Å²) in [7, 11) is 0. The fourth-order valence-electron chi connectivity index (χ4n) is 3.95. The van der Waals surface area contributed by atoms with Gasteiger partial charge in [-0.3, -0.25) is 14.5 Å². The lowest BCUT2D eigenvalue weighted by Crippen LogP contribution is -2.29. The molecule has 1 saturated heterocycles. The highest BCUT2D eigenvalue weighted by Crippen LogP contribution is 2.45. The monoisotopic (exact) mass is 560 g/mol. The van der Waals surface area contributed by atoms with Crippen LogP contribution in [0.2, 0.25) is 10.0 Å². The number of anilines is 1. The van der Waals surface area contributed by atoms with Crippen LogP contribution >= 0.6 is 34.5 Å². The second-order valence-electron chi connectivity index (χ2n) is 7.93. The number of ether oxygens (including phenoxy) is 2. The van der Waals surface area contributed by atoms with Gasteiger partial charge in [0.1, 0.15) is 16.4 Å². The maximum Gasteiger partial charge on any atom is 0.350 e. The van der Waals surface area contributed by atoms with Crippen molar-refractivity contribution in [3.63, 3.8) is 0 Å². The number of hydrogen-bond acceptors (Lipinski definition) is 8. The number of rotatable bonds is 7. The van der Waals surface area contributed by atoms with Crippen molar-refractivity contribution in [3.05, 3.63) is 79.8 Å². The van der Waals surface area contributed by atoms with Crippen LogP contribution in [0.1, 0.15) is 46.4 Å². The van der Waals surface area contributed by atoms with Gasteiger partial charge in [0, 0.05) is 5.56 Å². The molecule has 2 aromatic carbocycles. The van der Waals surface area contributed by atoms with Gasteiger partial charge in [0.15, 0.2) is 5.13 Å². The van der Waals surface area contributed by atoms with Crippen LogP contribution in [0.5, 0.6) is 5.75 Å². The maximum atomic E-state index is 13.4. The number of Topliss-reactive ketones (excluding diaryl/α,β-unsaturated/α-hetero) is 1. The summed E-state index contributed by atoms with van der Waals surface area (Å²) in [6.45, 7) is 5.68. The van der Waals surface area contributed by atoms with E-state index in [0.717, 1.165) is 16.2 Å². The van der Waals surface area contributed by atoms with E-state index in [2.05, 4.69) is 4.98 Å². The van der Waals surface area contributed by atoms with Crippen LogP contribution in [0, 0.1) is 6.92 Å². The minimum Gasteiger partial charge on any atom is -0.507 e. The van der Waals surface area contributed by atoms with E-state index in [0.29, 0.717) is 23.6 Å². The molecule has 1 aliphatic rings. The molecule has 1 amide bonds. The van der Waals surface area contributed by atoms with Gasteiger partial charge in [-0.2, -0.15) is 0 Å². The van der Waals surface area contributed by atoms with Gasteiger partial charge in [0.05, 0.1) is 40.6 Å². The predicted octanol–water partition coefficient (Wildman–Crippen LogP) is 5.96. The van der Waals surface area contributed by atoms with Crippen LogP contribution in [0.4, 0.5) is 5.13 Å². The number of amides is 1. The zero-order chi connectivity index (χ0) is 26.9. The molecule has 1 aromatic heterocycles. The van der Waals surface area contributed by atoms with Gasteiger partial charge in [0.2, 0.25) is 0 Å². The first-order valence-corrected chi connectivity index (χ1v) is 12.9. The number of halogens is 2. The third kappa shape index (κ3) is 5.07. The molecule has 1 N–H and O–H groups in total. The zero-order valence-corrected chi connectivity index (χ0v) is 22.4. The molecular formula is C26H22Cl2N2O6S. The van der Waals surface area contributed by atoms with Gasteiger partial charge < -0.3 is 14.6 Å². The molecule has 0 saturated carbocycles. The molecule has 37 heavy (non-hydrogen) atoms. The molecule has 192 valence electrons. The summed E-state index contributed by atoms with van der Waals surface area (Å²) in [5.74, 6) is -2.32. The first-order valence-electron chi connectivity index (χ1n) is 11.3. The number of thiazole rings is 1. The average molecular weight is 561 g/mol. The van der Waals surface area contributed by atoms with E-state index in [9.17, 15) is 19.5 Å². The van der Waals surface area contributed by atoms with Crippen molar-refractivity contribution in [2.75, 3.05) is 18.1 Å². The summed E-state index contributed by atoms with van der Waals surface area (Å²) >= 11 is 13.3. The molecule has 11 heteroatoms. The third-order valence-electron chi connectivity index (χ3n) is 5.57. The van der Waals surface area contributed by atoms with Gasteiger partial charge in [-0.1, -0.05) is 52.7 Å². The van der Waals surface area contributed by atoms with Gasteiger partial charge in [-0.25, -0.2) is 9.78 Å². The second kappa shape index (κ2) is 10.9. The van der Waals surface area contributed by atoms with Gasteiger partial charge in [-0.05, 0) is 50.6 Å². The van der Waals surface area contributed by atoms with E-state index in [1.54, 1.807) is 44.2 Å². The lowest BCUT2D eigenvalue weighted by Gasteiger charge is -2.23. The van der Waals surface area contributed by atoms with E-state index in [1.807, 2.05) is 6.92 Å². The molecule has 4 rings (SSSR count). The highest BCUT2D eigenvalue weighted by atomic mass is 35.5. The number of aliphatic hydroxyl groups excluding tert-OH is 1. The zero-order valence-electron chi connectivity index (χ0n) is 20.1. The standard InChI is InChI=1S/C26H22Cl2N2O6S/c1-4-35-16-8-6-7-15(11-16)21(31)19-20(14-9-10-17(27)18(28)12-14)30(24(33)22(19)32)26-29-13(3)23(37-26)25(34)36-5-2/h6-12,20,31H,4-5H2,1-3H3/b21-19+. The van der Waals surface area contributed by atoms with E-state index in [4.69, 9.17) is 32.7 Å². The Morgan fingerprint density at radius 2 is 1.86 bits per heavy atom. The topological polar surface area (TPSA) is 106 Å². The average Bonchev–Trinajstić information content (AvgIpc) is 3.38. The Bertz CT molecular complexity index is 1430. The third-order valence-corrected chi connectivity index (χ3v) is 7.45. The number of nitrogens with zero attached hydrogens (tertiary/aromatic N) is 2. The summed E-state index contributed by atoms with van der Waals surface area (Å²) in [5.41, 5.74) is 0.887. The Morgan fingerprint density at radius 3 is 2.54 bits per heavy atom. The number of ketones is 1. The van der Waals surface area contributed by atoms with Crippen molar-refractivity contribution in [1.82, 2.24) is 4.98 Å². The van der Waals surface area contributed by atoms with Crippen LogP contribution in [0.3, 0.4) is 0 Å². The van der Waals surface area contributed by atoms with Gasteiger partial charge >= 0.3 is 11.9 Å². The summed E-state index contributed by atoms with van der Waals surface area (Å²) in [4.78, 5) is 44.9. The van der Waals surface area contributed by atoms with Crippen molar-refractivity contribution in [1.29, 1.82) is 0 Å². The first kappa shape index (κ1) is 26.7. The molecule has 2 heterocycles. The quantitative estimate of drug-likeness (QED) is 0.164. The molecule has 8 nitrogen and oxygen atoms in total. The second-order valence-corrected chi connectivity index (χ2v) is 9.73. The molecule has 0 radical (unpaired) electrons. The maximum absolute atomic E-state index is 13.4. The number of carbonyl (C=O) groups is 3. The number of carbonyl (C=O) groups excluding carboxylic acids is 3. The largest absolute Gasteiger partial charge is 0.507 e. The van der Waals surface area contributed by atoms with Crippen molar-refractivity contribution in [3.8, 4) is 5.75 Å². The number of esters is 1. The smallest absolute Gasteiger partial charge is 0.350 e. The van der Waals surface area contributed by atoms with Crippen LogP contribution in [-0.4, -0.2) is 41.0 Å². The molecule has 1 aliphatic heterocycles. The van der Waals surface area contributed by atoms with Crippen LogP contribution in [0.15, 0.2) is 48.0 Å². The van der Waals surface area contributed by atoms with Crippen molar-refractivity contribution in [2.24, 2.45) is 0 Å². The fourth-order valence-corrected chi connectivity index (χ4v) is 5.25. The van der Waals surface area contributed by atoms with Crippen LogP contribution in [0.25, 0.3) is 5.76 Å². The summed E-state index contributed by atoms with van der Waals surface area (Å²) in [6.07, 6.45) is 0. The normalized spacial score (nSPS) is 16.8. The molecular weight excluding hydrogens is 539 g/mol. The summed E-state index contributed by atoms with van der Waals surface area (Å²) in [5, 5.41) is 11.9. The van der Waals surface area contributed by atoms with E-state index in [-0.39, 0.29) is 37.8 Å². The number of benzene rings is 2. The molecule has 0 aliphatic carbocycles. The molecule has 1 unspecified atom stereocenters. The SMILES string of the molecule is CCOC(=O)c1sc(N2C(=O)C(=O)/C(=C(/O)c3cccc(OCC)c3)C2c2ccc(Cl)c(Cl)c2)nc1C. The summed E-state index contributed by atoms with van der Waals surface area (Å²) < 4.78 is 10.6. The highest BCUT2D eigenvalue weighted by molar-refractivity contribution is 7.17. The lowest BCUT2D eigenvalue weighted by atomic mass is 9.95. The number of aliphatic hydroxyl groups is 1. The van der Waals surface area contributed by atoms with E-state index < -0.39 is 29.5 Å². The van der Waals surface area contributed by atoms with Gasteiger partial charge in [-0.15, -0.1) is 0 Å². The molecule has 0 bridgehead atoms. The van der Waals surface area contributed by atoms with E-state index >= 15 is 0 Å². The number of aryl methyl sites for hydroxylation is 1. The highest BCUT2D eigenvalue weighted by Gasteiger charge is 2.48. The summed E-state index contributed by atoms with van der Waals surface area (Å²) in [6, 6.07) is 10.1. The van der Waals surface area contributed by atoms with Crippen molar-refractivity contribution in [2.45, 2.75) is 26.8 Å². The number of aromatic nitrogens is 1. The first-order chi connectivity index (χ1) is 17.7. The van der Waals surface area contributed by atoms with Gasteiger partial charge in [0.25, 0.3) is 5.78 Å². The molecule has 1 atom stereocenters. The Balaban J connectivity index is 1.92. The Kier molecular flexibility index (Phi) is 7.87. The fraction of sp³-hybridized carbons (Fsp3) is 0.231. The van der Waals surface area contributed by atoms with Crippen molar-refractivity contribution < 1.29 is 29.0 Å². The predicted molar refractivity (Wildman–Crippen MR) is 142 cm³/mol. The Labute approximate surface area is 227 Å². The van der Waals surface area contributed by atoms with Crippen molar-refractivity contribution >= 4 is 63.1 Å². The Morgan fingerprint density at radius 1 is 1.11 bits per heavy atom. The Hall–Kier alpha value is -3.40. The number of hydrogen-bond donors (Lipinski definition) is 1. The minimum absolute atomic E-state index is 0.0980. The minimum atomic E-state index is -1.09. The lowest BCUT2D eigenvalue weighted by molar-refractivity contribution is -0.132. The molecule has 3 aromatic rings. The van der Waals surface area contributed by atoms with Crippen LogP contribution < -0.4 is 9.64 Å².